The van der Waals surface area contributed by atoms with Gasteiger partial charge in [-0.15, -0.1) is 11.3 Å². The molecular formula is C19H22N2O3S. The van der Waals surface area contributed by atoms with E-state index in [0.717, 1.165) is 55.8 Å². The van der Waals surface area contributed by atoms with Crippen LogP contribution in [0.3, 0.4) is 0 Å². The van der Waals surface area contributed by atoms with E-state index < -0.39 is 0 Å². The Kier molecular flexibility index (Phi) is 4.61. The predicted molar refractivity (Wildman–Crippen MR) is 95.5 cm³/mol. The minimum atomic E-state index is -0.0215. The molecule has 0 radical (unpaired) electrons. The molecule has 1 fully saturated rings. The average molecular weight is 358 g/mol. The number of hydrogen-bond acceptors (Lipinski definition) is 4. The molecule has 0 aromatic carbocycles. The molecule has 2 aromatic heterocycles. The number of rotatable bonds is 4. The third-order valence-electron chi connectivity index (χ3n) is 5.07. The van der Waals surface area contributed by atoms with Crippen LogP contribution >= 0.6 is 11.3 Å². The minimum Gasteiger partial charge on any atom is -0.467 e. The standard InChI is InChI=1S/C19H22N2O3S/c22-18(20-12-15-4-3-9-24-15)13-5-6-16-14(10-13)11-17(25-16)19(23)21-7-1-2-8-21/h3-4,9,11,13H,1-2,5-8,10,12H2,(H,20,22)/t13-/m1/s1. The predicted octanol–water partition coefficient (Wildman–Crippen LogP) is 3.00. The lowest BCUT2D eigenvalue weighted by Gasteiger charge is -2.21. The van der Waals surface area contributed by atoms with Crippen LogP contribution in [0.4, 0.5) is 0 Å². The Morgan fingerprint density at radius 2 is 2.16 bits per heavy atom. The number of fused-ring (bicyclic) bond motifs is 1. The van der Waals surface area contributed by atoms with E-state index in [0.29, 0.717) is 6.54 Å². The first-order valence-corrected chi connectivity index (χ1v) is 9.73. The van der Waals surface area contributed by atoms with Crippen molar-refractivity contribution in [2.45, 2.75) is 38.6 Å². The smallest absolute Gasteiger partial charge is 0.263 e. The van der Waals surface area contributed by atoms with Crippen LogP contribution in [0.2, 0.25) is 0 Å². The summed E-state index contributed by atoms with van der Waals surface area (Å²) in [6.45, 7) is 2.18. The quantitative estimate of drug-likeness (QED) is 0.914. The van der Waals surface area contributed by atoms with Crippen LogP contribution in [-0.4, -0.2) is 29.8 Å². The zero-order valence-corrected chi connectivity index (χ0v) is 14.9. The van der Waals surface area contributed by atoms with Gasteiger partial charge in [0, 0.05) is 23.9 Å². The summed E-state index contributed by atoms with van der Waals surface area (Å²) in [4.78, 5) is 29.1. The Balaban J connectivity index is 1.39. The molecule has 1 saturated heterocycles. The maximum atomic E-state index is 12.6. The molecule has 2 aromatic rings. The van der Waals surface area contributed by atoms with E-state index >= 15 is 0 Å². The fourth-order valence-corrected chi connectivity index (χ4v) is 4.84. The summed E-state index contributed by atoms with van der Waals surface area (Å²) in [6.07, 6.45) is 6.27. The molecule has 1 aliphatic carbocycles. The van der Waals surface area contributed by atoms with E-state index in [-0.39, 0.29) is 17.7 Å². The van der Waals surface area contributed by atoms with E-state index in [1.165, 1.54) is 10.4 Å². The van der Waals surface area contributed by atoms with Crippen molar-refractivity contribution in [1.29, 1.82) is 0 Å². The number of thiophene rings is 1. The van der Waals surface area contributed by atoms with Crippen molar-refractivity contribution in [2.24, 2.45) is 5.92 Å². The maximum absolute atomic E-state index is 12.6. The Hall–Kier alpha value is -2.08. The first kappa shape index (κ1) is 16.4. The second-order valence-electron chi connectivity index (χ2n) is 6.80. The van der Waals surface area contributed by atoms with Crippen LogP contribution in [0.15, 0.2) is 28.9 Å². The maximum Gasteiger partial charge on any atom is 0.263 e. The molecule has 0 unspecified atom stereocenters. The fourth-order valence-electron chi connectivity index (χ4n) is 3.66. The summed E-state index contributed by atoms with van der Waals surface area (Å²) in [5.41, 5.74) is 1.18. The molecule has 1 atom stereocenters. The van der Waals surface area contributed by atoms with Gasteiger partial charge in [-0.05, 0) is 55.9 Å². The normalized spacial score (nSPS) is 19.7. The number of aryl methyl sites for hydroxylation is 1. The number of carbonyl (C=O) groups is 2. The van der Waals surface area contributed by atoms with E-state index in [9.17, 15) is 9.59 Å². The van der Waals surface area contributed by atoms with E-state index in [1.807, 2.05) is 23.1 Å². The van der Waals surface area contributed by atoms with Gasteiger partial charge in [-0.1, -0.05) is 0 Å². The molecule has 1 N–H and O–H groups in total. The molecule has 6 heteroatoms. The van der Waals surface area contributed by atoms with Crippen molar-refractivity contribution >= 4 is 23.2 Å². The van der Waals surface area contributed by atoms with Gasteiger partial charge in [0.05, 0.1) is 17.7 Å². The number of amides is 2. The second-order valence-corrected chi connectivity index (χ2v) is 7.93. The number of nitrogens with one attached hydrogen (secondary N) is 1. The topological polar surface area (TPSA) is 62.6 Å². The summed E-state index contributed by atoms with van der Waals surface area (Å²) in [7, 11) is 0. The number of carbonyl (C=O) groups excluding carboxylic acids is 2. The molecule has 0 saturated carbocycles. The van der Waals surface area contributed by atoms with Gasteiger partial charge >= 0.3 is 0 Å². The lowest BCUT2D eigenvalue weighted by atomic mass is 9.87. The van der Waals surface area contributed by atoms with E-state index in [2.05, 4.69) is 5.32 Å². The van der Waals surface area contributed by atoms with Crippen molar-refractivity contribution in [3.8, 4) is 0 Å². The third-order valence-corrected chi connectivity index (χ3v) is 6.30. The highest BCUT2D eigenvalue weighted by atomic mass is 32.1. The summed E-state index contributed by atoms with van der Waals surface area (Å²) in [5, 5.41) is 2.96. The number of hydrogen-bond donors (Lipinski definition) is 1. The highest BCUT2D eigenvalue weighted by Gasteiger charge is 2.29. The zero-order valence-electron chi connectivity index (χ0n) is 14.1. The van der Waals surface area contributed by atoms with Crippen LogP contribution in [0, 0.1) is 5.92 Å². The fraction of sp³-hybridized carbons (Fsp3) is 0.474. The monoisotopic (exact) mass is 358 g/mol. The average Bonchev–Trinajstić information content (AvgIpc) is 3.39. The van der Waals surface area contributed by atoms with Gasteiger partial charge in [-0.3, -0.25) is 9.59 Å². The van der Waals surface area contributed by atoms with Gasteiger partial charge in [0.2, 0.25) is 5.91 Å². The highest BCUT2D eigenvalue weighted by molar-refractivity contribution is 7.14. The molecule has 1 aliphatic heterocycles. The molecule has 2 aliphatic rings. The minimum absolute atomic E-state index is 0.0215. The summed E-state index contributed by atoms with van der Waals surface area (Å²) >= 11 is 1.62. The van der Waals surface area contributed by atoms with Crippen LogP contribution < -0.4 is 5.32 Å². The lowest BCUT2D eigenvalue weighted by Crippen LogP contribution is -2.33. The van der Waals surface area contributed by atoms with Crippen LogP contribution in [-0.2, 0) is 24.2 Å². The van der Waals surface area contributed by atoms with Crippen LogP contribution in [0.5, 0.6) is 0 Å². The second kappa shape index (κ2) is 7.04. The molecule has 132 valence electrons. The van der Waals surface area contributed by atoms with Crippen molar-refractivity contribution in [3.05, 3.63) is 45.5 Å². The number of likely N-dealkylation sites (tertiary alicyclic amines) is 1. The lowest BCUT2D eigenvalue weighted by molar-refractivity contribution is -0.125. The molecule has 25 heavy (non-hydrogen) atoms. The highest BCUT2D eigenvalue weighted by Crippen LogP contribution is 2.33. The van der Waals surface area contributed by atoms with Gasteiger partial charge in [-0.25, -0.2) is 0 Å². The number of furan rings is 1. The Labute approximate surface area is 151 Å². The van der Waals surface area contributed by atoms with Gasteiger partial charge < -0.3 is 14.6 Å². The largest absolute Gasteiger partial charge is 0.467 e. The van der Waals surface area contributed by atoms with Crippen LogP contribution in [0.1, 0.15) is 45.1 Å². The molecule has 0 spiro atoms. The van der Waals surface area contributed by atoms with Crippen molar-refractivity contribution in [1.82, 2.24) is 10.2 Å². The molecular weight excluding hydrogens is 336 g/mol. The van der Waals surface area contributed by atoms with Gasteiger partial charge in [0.25, 0.3) is 5.91 Å². The number of nitrogens with zero attached hydrogens (tertiary/aromatic N) is 1. The van der Waals surface area contributed by atoms with Crippen molar-refractivity contribution < 1.29 is 14.0 Å². The molecule has 3 heterocycles. The van der Waals surface area contributed by atoms with Gasteiger partial charge in [0.15, 0.2) is 0 Å². The third kappa shape index (κ3) is 3.49. The molecule has 4 rings (SSSR count). The molecule has 0 bridgehead atoms. The van der Waals surface area contributed by atoms with Gasteiger partial charge in [-0.2, -0.15) is 0 Å². The molecule has 5 nitrogen and oxygen atoms in total. The first-order chi connectivity index (χ1) is 12.2. The Morgan fingerprint density at radius 1 is 1.32 bits per heavy atom. The summed E-state index contributed by atoms with van der Waals surface area (Å²) in [6, 6.07) is 5.69. The van der Waals surface area contributed by atoms with Crippen molar-refractivity contribution in [3.63, 3.8) is 0 Å². The SMILES string of the molecule is O=C(NCc1ccco1)[C@@H]1CCc2sc(C(=O)N3CCCC3)cc2C1. The Morgan fingerprint density at radius 3 is 2.92 bits per heavy atom. The summed E-state index contributed by atoms with van der Waals surface area (Å²) < 4.78 is 5.25. The van der Waals surface area contributed by atoms with Crippen molar-refractivity contribution in [2.75, 3.05) is 13.1 Å². The summed E-state index contributed by atoms with van der Waals surface area (Å²) in [5.74, 6) is 0.974. The first-order valence-electron chi connectivity index (χ1n) is 8.91. The van der Waals surface area contributed by atoms with E-state index in [1.54, 1.807) is 17.6 Å². The van der Waals surface area contributed by atoms with Gasteiger partial charge in [0.1, 0.15) is 5.76 Å². The molecule has 2 amide bonds. The zero-order chi connectivity index (χ0) is 17.2. The van der Waals surface area contributed by atoms with E-state index in [4.69, 9.17) is 4.42 Å². The van der Waals surface area contributed by atoms with Crippen LogP contribution in [0.25, 0.3) is 0 Å². The Bertz CT molecular complexity index is 760.